The van der Waals surface area contributed by atoms with E-state index in [4.69, 9.17) is 15.5 Å². The zero-order chi connectivity index (χ0) is 27.0. The summed E-state index contributed by atoms with van der Waals surface area (Å²) in [5.74, 6) is 0.758. The van der Waals surface area contributed by atoms with E-state index in [0.29, 0.717) is 62.6 Å². The number of amides is 1. The lowest BCUT2D eigenvalue weighted by Crippen LogP contribution is -2.54. The number of piperidine rings is 2. The second-order valence-electron chi connectivity index (χ2n) is 10.8. The highest BCUT2D eigenvalue weighted by Gasteiger charge is 2.45. The number of aromatic nitrogens is 3. The third kappa shape index (κ3) is 5.15. The number of nitrogens with zero attached hydrogens (tertiary/aromatic N) is 5. The van der Waals surface area contributed by atoms with E-state index in [2.05, 4.69) is 14.5 Å². The van der Waals surface area contributed by atoms with Gasteiger partial charge in [-0.25, -0.2) is 13.8 Å². The molecule has 1 unspecified atom stereocenters. The molecule has 39 heavy (non-hydrogen) atoms. The van der Waals surface area contributed by atoms with E-state index in [0.717, 1.165) is 24.2 Å². The first-order valence-corrected chi connectivity index (χ1v) is 13.8. The lowest BCUT2D eigenvalue weighted by molar-refractivity contribution is -0.149. The molecule has 8 nitrogen and oxygen atoms in total. The summed E-state index contributed by atoms with van der Waals surface area (Å²) in [5.41, 5.74) is 5.92. The lowest BCUT2D eigenvalue weighted by atomic mass is 9.90. The van der Waals surface area contributed by atoms with Crippen molar-refractivity contribution in [2.24, 2.45) is 5.73 Å². The number of halogens is 2. The fourth-order valence-electron chi connectivity index (χ4n) is 6.14. The Balaban J connectivity index is 1.10. The van der Waals surface area contributed by atoms with E-state index in [1.54, 1.807) is 17.2 Å². The van der Waals surface area contributed by atoms with Gasteiger partial charge in [0.25, 0.3) is 5.91 Å². The Morgan fingerprint density at radius 1 is 1.13 bits per heavy atom. The molecule has 2 aromatic heterocycles. The van der Waals surface area contributed by atoms with Gasteiger partial charge in [-0.3, -0.25) is 14.7 Å². The van der Waals surface area contributed by atoms with Crippen LogP contribution in [0.5, 0.6) is 0 Å². The van der Waals surface area contributed by atoms with Crippen LogP contribution in [0.4, 0.5) is 8.78 Å². The Bertz CT molecular complexity index is 1360. The quantitative estimate of drug-likeness (QED) is 0.515. The van der Waals surface area contributed by atoms with E-state index in [-0.39, 0.29) is 30.8 Å². The van der Waals surface area contributed by atoms with E-state index >= 15 is 4.39 Å². The number of carbonyl (C=O) groups is 1. The first-order valence-electron chi connectivity index (χ1n) is 13.8. The number of pyridine rings is 1. The predicted octanol–water partition coefficient (Wildman–Crippen LogP) is 3.84. The van der Waals surface area contributed by atoms with Crippen molar-refractivity contribution >= 4 is 16.9 Å². The van der Waals surface area contributed by atoms with Gasteiger partial charge in [-0.15, -0.1) is 0 Å². The molecule has 0 saturated carbocycles. The summed E-state index contributed by atoms with van der Waals surface area (Å²) in [6.45, 7) is 3.10. The van der Waals surface area contributed by atoms with Crippen LogP contribution in [0, 0.1) is 5.82 Å². The second-order valence-corrected chi connectivity index (χ2v) is 10.8. The molecule has 0 bridgehead atoms. The molecule has 1 amide bonds. The maximum atomic E-state index is 15.9. The molecule has 0 aliphatic carbocycles. The van der Waals surface area contributed by atoms with Crippen molar-refractivity contribution in [3.8, 4) is 11.5 Å². The number of hydrogen-bond donors (Lipinski definition) is 1. The van der Waals surface area contributed by atoms with Crippen molar-refractivity contribution < 1.29 is 18.3 Å². The predicted molar refractivity (Wildman–Crippen MR) is 144 cm³/mol. The van der Waals surface area contributed by atoms with Gasteiger partial charge in [-0.2, -0.15) is 0 Å². The summed E-state index contributed by atoms with van der Waals surface area (Å²) >= 11 is 0. The summed E-state index contributed by atoms with van der Waals surface area (Å²) in [7, 11) is 0. The first-order chi connectivity index (χ1) is 18.9. The SMILES string of the molecule is NCC1=CCC(CN2CCC(F)(C(=O)N3CCC(n4c(-c5ccccn5)nc5cc(F)ccc54)CC3)CC2)O1. The monoisotopic (exact) mass is 536 g/mol. The number of ether oxygens (including phenoxy) is 1. The average Bonchev–Trinajstić information content (AvgIpc) is 3.58. The summed E-state index contributed by atoms with van der Waals surface area (Å²) in [5, 5.41) is 0. The summed E-state index contributed by atoms with van der Waals surface area (Å²) in [4.78, 5) is 26.4. The maximum absolute atomic E-state index is 15.9. The van der Waals surface area contributed by atoms with Gasteiger partial charge in [-0.05, 0) is 43.2 Å². The fraction of sp³-hybridized carbons (Fsp3) is 0.483. The molecule has 2 saturated heterocycles. The molecule has 206 valence electrons. The molecular weight excluding hydrogens is 502 g/mol. The normalized spacial score (nSPS) is 22.2. The molecular formula is C29H34F2N6O2. The van der Waals surface area contributed by atoms with Crippen LogP contribution in [0.1, 0.15) is 38.1 Å². The molecule has 5 heterocycles. The Labute approximate surface area is 226 Å². The lowest BCUT2D eigenvalue weighted by Gasteiger charge is -2.41. The number of benzene rings is 1. The number of fused-ring (bicyclic) bond motifs is 1. The number of likely N-dealkylation sites (tertiary alicyclic amines) is 2. The van der Waals surface area contributed by atoms with Crippen LogP contribution in [-0.2, 0) is 9.53 Å². The van der Waals surface area contributed by atoms with Gasteiger partial charge in [0, 0.05) is 70.3 Å². The standard InChI is InChI=1S/C29H34F2N6O2/c30-20-4-7-26-25(17-20)34-27(24-3-1-2-12-33-24)37(26)21-8-13-36(14-9-21)28(38)29(31)10-15-35(16-11-29)19-23-6-5-22(18-32)39-23/h1-5,7,12,17,21,23H,6,8-11,13-16,18-19,32H2. The smallest absolute Gasteiger partial charge is 0.260 e. The van der Waals surface area contributed by atoms with E-state index in [1.165, 1.54) is 12.1 Å². The molecule has 1 atom stereocenters. The van der Waals surface area contributed by atoms with Crippen molar-refractivity contribution in [3.63, 3.8) is 0 Å². The molecule has 2 fully saturated rings. The highest BCUT2D eigenvalue weighted by atomic mass is 19.1. The molecule has 0 spiro atoms. The van der Waals surface area contributed by atoms with Gasteiger partial charge < -0.3 is 19.9 Å². The molecule has 3 aliphatic rings. The van der Waals surface area contributed by atoms with Crippen molar-refractivity contribution in [2.45, 2.75) is 49.9 Å². The average molecular weight is 537 g/mol. The number of rotatable bonds is 6. The van der Waals surface area contributed by atoms with Crippen LogP contribution in [0.3, 0.4) is 0 Å². The summed E-state index contributed by atoms with van der Waals surface area (Å²) in [6, 6.07) is 10.3. The van der Waals surface area contributed by atoms with Gasteiger partial charge in [0.1, 0.15) is 23.4 Å². The highest BCUT2D eigenvalue weighted by molar-refractivity contribution is 5.85. The van der Waals surface area contributed by atoms with E-state index in [9.17, 15) is 9.18 Å². The summed E-state index contributed by atoms with van der Waals surface area (Å²) in [6.07, 6.45) is 6.30. The third-order valence-corrected chi connectivity index (χ3v) is 8.28. The fourth-order valence-corrected chi connectivity index (χ4v) is 6.14. The Hall–Kier alpha value is -3.37. The molecule has 0 radical (unpaired) electrons. The minimum absolute atomic E-state index is 0.0392. The van der Waals surface area contributed by atoms with Crippen molar-refractivity contribution in [2.75, 3.05) is 39.3 Å². The molecule has 10 heteroatoms. The van der Waals surface area contributed by atoms with E-state index < -0.39 is 11.6 Å². The van der Waals surface area contributed by atoms with E-state index in [1.807, 2.05) is 24.3 Å². The van der Waals surface area contributed by atoms with Crippen LogP contribution in [0.25, 0.3) is 22.6 Å². The Morgan fingerprint density at radius 3 is 2.62 bits per heavy atom. The first kappa shape index (κ1) is 25.9. The molecule has 2 N–H and O–H groups in total. The maximum Gasteiger partial charge on any atom is 0.260 e. The molecule has 3 aliphatic heterocycles. The molecule has 3 aromatic rings. The van der Waals surface area contributed by atoms with Crippen molar-refractivity contribution in [1.82, 2.24) is 24.3 Å². The van der Waals surface area contributed by atoms with Gasteiger partial charge >= 0.3 is 0 Å². The van der Waals surface area contributed by atoms with Crippen LogP contribution in [0.2, 0.25) is 0 Å². The zero-order valence-corrected chi connectivity index (χ0v) is 21.9. The minimum Gasteiger partial charge on any atom is -0.492 e. The topological polar surface area (TPSA) is 89.5 Å². The Kier molecular flexibility index (Phi) is 7.07. The Morgan fingerprint density at radius 2 is 1.92 bits per heavy atom. The van der Waals surface area contributed by atoms with Gasteiger partial charge in [0.15, 0.2) is 11.5 Å². The van der Waals surface area contributed by atoms with Crippen LogP contribution in [-0.4, -0.2) is 81.3 Å². The number of nitrogens with two attached hydrogens (primary N) is 1. The summed E-state index contributed by atoms with van der Waals surface area (Å²) < 4.78 is 37.8. The van der Waals surface area contributed by atoms with Crippen molar-refractivity contribution in [1.29, 1.82) is 0 Å². The van der Waals surface area contributed by atoms with Gasteiger partial charge in [0.2, 0.25) is 0 Å². The number of hydrogen-bond acceptors (Lipinski definition) is 6. The zero-order valence-electron chi connectivity index (χ0n) is 21.9. The van der Waals surface area contributed by atoms with Gasteiger partial charge in [-0.1, -0.05) is 6.07 Å². The highest BCUT2D eigenvalue weighted by Crippen LogP contribution is 2.35. The number of alkyl halides is 1. The van der Waals surface area contributed by atoms with Crippen LogP contribution in [0.15, 0.2) is 54.4 Å². The van der Waals surface area contributed by atoms with Crippen molar-refractivity contribution in [3.05, 3.63) is 60.2 Å². The van der Waals surface area contributed by atoms with Gasteiger partial charge in [0.05, 0.1) is 17.6 Å². The number of imidazole rings is 1. The number of carbonyl (C=O) groups excluding carboxylic acids is 1. The van der Waals surface area contributed by atoms with Crippen LogP contribution < -0.4 is 5.73 Å². The third-order valence-electron chi connectivity index (χ3n) is 8.28. The van der Waals surface area contributed by atoms with Crippen LogP contribution >= 0.6 is 0 Å². The second kappa shape index (κ2) is 10.7. The largest absolute Gasteiger partial charge is 0.492 e. The minimum atomic E-state index is -1.83. The molecule has 1 aromatic carbocycles. The molecule has 6 rings (SSSR count).